The Kier molecular flexibility index (Phi) is 12.4. The van der Waals surface area contributed by atoms with Crippen LogP contribution in [-0.2, 0) is 28.4 Å². The first kappa shape index (κ1) is 52.4. The summed E-state index contributed by atoms with van der Waals surface area (Å²) in [6, 6.07) is 2.85. The van der Waals surface area contributed by atoms with Gasteiger partial charge < -0.3 is 125 Å². The number of carboxylic acids is 1. The third-order valence-corrected chi connectivity index (χ3v) is 12.2. The average molecular weight is 1100 g/mol. The molecule has 0 aliphatic carbocycles. The second-order valence-electron chi connectivity index (χ2n) is 16.9. The average Bonchev–Trinajstić information content (AvgIpc) is 3.50. The van der Waals surface area contributed by atoms with Crippen LogP contribution in [0.2, 0.25) is 0 Å². The molecule has 0 aromatic heterocycles. The minimum atomic E-state index is -2.83. The van der Waals surface area contributed by atoms with E-state index in [1.54, 1.807) is 0 Å². The third-order valence-electron chi connectivity index (χ3n) is 12.2. The van der Waals surface area contributed by atoms with Crippen LogP contribution in [0.5, 0.6) is 109 Å². The number of aromatic carboxylic acids is 1. The molecule has 1 fully saturated rings. The van der Waals surface area contributed by atoms with Gasteiger partial charge in [0.1, 0.15) is 18.3 Å². The molecule has 9 rings (SSSR count). The summed E-state index contributed by atoms with van der Waals surface area (Å²) in [4.78, 5) is 85.2. The van der Waals surface area contributed by atoms with Crippen molar-refractivity contribution in [2.24, 2.45) is 0 Å². The highest BCUT2D eigenvalue weighted by Crippen LogP contribution is 2.59. The summed E-state index contributed by atoms with van der Waals surface area (Å²) < 4.78 is 39.6. The maximum atomic E-state index is 15.4. The molecule has 1 saturated heterocycles. The fourth-order valence-corrected chi connectivity index (χ4v) is 8.50. The maximum Gasteiger partial charge on any atom is 0.343 e. The van der Waals surface area contributed by atoms with Gasteiger partial charge in [0, 0.05) is 16.7 Å². The molecular formula is C48H32O31. The van der Waals surface area contributed by atoms with Crippen molar-refractivity contribution < 1.29 is 154 Å². The number of benzene rings is 6. The van der Waals surface area contributed by atoms with Crippen molar-refractivity contribution in [2.45, 2.75) is 30.7 Å². The first-order valence-corrected chi connectivity index (χ1v) is 21.7. The molecule has 3 aliphatic rings. The van der Waals surface area contributed by atoms with Crippen molar-refractivity contribution in [1.82, 2.24) is 0 Å². The van der Waals surface area contributed by atoms with Crippen molar-refractivity contribution >= 4 is 35.8 Å². The highest BCUT2D eigenvalue weighted by Gasteiger charge is 2.56. The van der Waals surface area contributed by atoms with Gasteiger partial charge in [-0.15, -0.1) is 0 Å². The van der Waals surface area contributed by atoms with Crippen LogP contribution in [0.15, 0.2) is 42.5 Å². The van der Waals surface area contributed by atoms with E-state index in [1.807, 2.05) is 0 Å². The van der Waals surface area contributed by atoms with E-state index in [-0.39, 0.29) is 0 Å². The number of carboxylic acid groups (broad SMARTS) is 1. The van der Waals surface area contributed by atoms with Gasteiger partial charge in [-0.1, -0.05) is 0 Å². The highest BCUT2D eigenvalue weighted by atomic mass is 16.7. The summed E-state index contributed by atoms with van der Waals surface area (Å²) in [7, 11) is 0. The SMILES string of the molecule is O=C(O)c1cc(O)c(O)c(Oc2c(O)c(O)c(O)c3c2C(=O)O[C@@H]2[C@H]4OC(=O)c5cc(O)c(O)c(O)c5-c5c(cc(O)c(O)c5O)C(=O)O[C@@H]2[C@@H](COC(=O)c2cc(O)c(O)c(O)c2-3)O[C@@H]4OC(=O)c2cc(O)c(O)c(O)c2)c1. The Morgan fingerprint density at radius 2 is 0.848 bits per heavy atom. The van der Waals surface area contributed by atoms with Crippen LogP contribution >= 0.6 is 0 Å². The molecule has 410 valence electrons. The topological polar surface area (TPSA) is 531 Å². The van der Waals surface area contributed by atoms with Crippen molar-refractivity contribution in [3.05, 3.63) is 75.8 Å². The van der Waals surface area contributed by atoms with E-state index in [2.05, 4.69) is 0 Å². The van der Waals surface area contributed by atoms with Gasteiger partial charge in [0.2, 0.25) is 46.9 Å². The fraction of sp³-hybridized carbons (Fsp3) is 0.125. The molecule has 0 unspecified atom stereocenters. The van der Waals surface area contributed by atoms with Crippen molar-refractivity contribution in [3.8, 4) is 131 Å². The molecule has 18 N–H and O–H groups in total. The number of hydrogen-bond acceptors (Lipinski definition) is 30. The summed E-state index contributed by atoms with van der Waals surface area (Å²) in [5, 5.41) is 194. The molecular weight excluding hydrogens is 1070 g/mol. The molecule has 6 aromatic rings. The Balaban J connectivity index is 1.36. The second kappa shape index (κ2) is 18.7. The first-order chi connectivity index (χ1) is 37.1. The lowest BCUT2D eigenvalue weighted by Gasteiger charge is -2.44. The smallest absolute Gasteiger partial charge is 0.343 e. The number of hydrogen-bond donors (Lipinski definition) is 18. The van der Waals surface area contributed by atoms with E-state index < -0.39 is 238 Å². The van der Waals surface area contributed by atoms with Crippen LogP contribution in [0.3, 0.4) is 0 Å². The highest BCUT2D eigenvalue weighted by molar-refractivity contribution is 6.11. The molecule has 4 bridgehead atoms. The van der Waals surface area contributed by atoms with E-state index in [4.69, 9.17) is 33.2 Å². The van der Waals surface area contributed by atoms with Gasteiger partial charge in [0.25, 0.3) is 0 Å². The van der Waals surface area contributed by atoms with E-state index in [9.17, 15) is 116 Å². The van der Waals surface area contributed by atoms with Crippen LogP contribution in [0, 0.1) is 0 Å². The van der Waals surface area contributed by atoms with Crippen LogP contribution < -0.4 is 4.74 Å². The molecule has 31 nitrogen and oxygen atoms in total. The number of esters is 5. The zero-order valence-corrected chi connectivity index (χ0v) is 38.5. The predicted molar refractivity (Wildman–Crippen MR) is 244 cm³/mol. The lowest BCUT2D eigenvalue weighted by atomic mass is 9.90. The van der Waals surface area contributed by atoms with E-state index in [1.165, 1.54) is 0 Å². The van der Waals surface area contributed by atoms with Gasteiger partial charge in [-0.2, -0.15) is 0 Å². The molecule has 5 atom stereocenters. The summed E-state index contributed by atoms with van der Waals surface area (Å²) in [6.45, 7) is -1.43. The Morgan fingerprint density at radius 1 is 0.418 bits per heavy atom. The number of carbonyl (C=O) groups is 6. The van der Waals surface area contributed by atoms with Crippen LogP contribution in [0.1, 0.15) is 62.1 Å². The second-order valence-corrected chi connectivity index (χ2v) is 16.9. The quantitative estimate of drug-likeness (QED) is 0.0670. The van der Waals surface area contributed by atoms with E-state index >= 15 is 4.79 Å². The number of phenols is 17. The number of ether oxygens (including phenoxy) is 7. The van der Waals surface area contributed by atoms with Gasteiger partial charge in [-0.25, -0.2) is 28.8 Å². The zero-order valence-electron chi connectivity index (χ0n) is 38.5. The number of rotatable bonds is 5. The number of cyclic esters (lactones) is 1. The standard InChI is InChI=1S/C48H32O31/c49-14-2-10(3-15(50)27(14)55)43(68)79-48-41-40-38(76-45(70)12-6-18(53)29(57)32(60)22(12)23-13(46(71)78-41)7-19(54)30(58)33(23)61)21(75-48)8-73-44(69)11-5-17(52)31(59)34(62)24(11)25-26(47(72)77-40)39(37(65)36(64)35(25)63)74-20-4-9(42(66)67)1-16(51)28(20)56/h1-7,21,38,40-41,48-65H,8H2,(H,66,67)/t21-,38-,40+,41-,48-/m1/s1. The Morgan fingerprint density at radius 3 is 1.37 bits per heavy atom. The van der Waals surface area contributed by atoms with Gasteiger partial charge in [-0.05, 0) is 42.5 Å². The third kappa shape index (κ3) is 8.40. The molecule has 0 saturated carbocycles. The van der Waals surface area contributed by atoms with Gasteiger partial charge >= 0.3 is 35.8 Å². The molecule has 79 heavy (non-hydrogen) atoms. The molecule has 0 radical (unpaired) electrons. The number of carbonyl (C=O) groups excluding carboxylic acids is 5. The lowest BCUT2D eigenvalue weighted by molar-refractivity contribution is -0.282. The summed E-state index contributed by atoms with van der Waals surface area (Å²) in [5.41, 5.74) is -12.4. The monoisotopic (exact) mass is 1100 g/mol. The van der Waals surface area contributed by atoms with Gasteiger partial charge in [0.15, 0.2) is 87.0 Å². The molecule has 0 spiro atoms. The molecule has 3 heterocycles. The lowest BCUT2D eigenvalue weighted by Crippen LogP contribution is -2.63. The Bertz CT molecular complexity index is 3710. The van der Waals surface area contributed by atoms with Crippen molar-refractivity contribution in [3.63, 3.8) is 0 Å². The minimum absolute atomic E-state index is 0.310. The molecule has 0 amide bonds. The van der Waals surface area contributed by atoms with Crippen LogP contribution in [0.4, 0.5) is 0 Å². The van der Waals surface area contributed by atoms with Gasteiger partial charge in [0.05, 0.1) is 33.4 Å². The number of phenolic OH excluding ortho intramolecular Hbond substituents is 17. The van der Waals surface area contributed by atoms with Crippen molar-refractivity contribution in [2.75, 3.05) is 6.61 Å². The molecule has 31 heteroatoms. The van der Waals surface area contributed by atoms with Crippen LogP contribution in [0.25, 0.3) is 22.3 Å². The van der Waals surface area contributed by atoms with Gasteiger partial charge in [-0.3, -0.25) is 0 Å². The molecule has 6 aromatic carbocycles. The Hall–Kier alpha value is -11.5. The van der Waals surface area contributed by atoms with Crippen molar-refractivity contribution in [1.29, 1.82) is 0 Å². The summed E-state index contributed by atoms with van der Waals surface area (Å²) >= 11 is 0. The normalized spacial score (nSPS) is 18.7. The zero-order chi connectivity index (χ0) is 57.7. The number of fused-ring (bicyclic) bond motifs is 6. The maximum absolute atomic E-state index is 15.4. The molecule has 3 aliphatic heterocycles. The minimum Gasteiger partial charge on any atom is -0.504 e. The van der Waals surface area contributed by atoms with E-state index in [0.29, 0.717) is 42.5 Å². The fourth-order valence-electron chi connectivity index (χ4n) is 8.50. The number of aromatic hydroxyl groups is 17. The largest absolute Gasteiger partial charge is 0.504 e. The first-order valence-electron chi connectivity index (χ1n) is 21.7. The van der Waals surface area contributed by atoms with E-state index in [0.717, 1.165) is 0 Å². The summed E-state index contributed by atoms with van der Waals surface area (Å²) in [5.74, 6) is -39.4. The predicted octanol–water partition coefficient (Wildman–Crippen LogP) is 2.55. The Labute approximate surface area is 433 Å². The summed E-state index contributed by atoms with van der Waals surface area (Å²) in [6.07, 6.45) is -13.4. The van der Waals surface area contributed by atoms with Crippen LogP contribution in [-0.4, -0.2) is 165 Å².